The molecule has 1 aliphatic heterocycles. The molecular formula is C15H17F2N3O2. The summed E-state index contributed by atoms with van der Waals surface area (Å²) in [7, 11) is 0. The van der Waals surface area contributed by atoms with Crippen LogP contribution in [0.5, 0.6) is 0 Å². The largest absolute Gasteiger partial charge is 0.450 e. The SMILES string of the molecule is CCOC(=O)NC1CCCN(c2c(F)cc(C#N)cc2F)C1. The van der Waals surface area contributed by atoms with Gasteiger partial charge in [-0.1, -0.05) is 0 Å². The number of rotatable bonds is 3. The van der Waals surface area contributed by atoms with E-state index in [0.29, 0.717) is 19.5 Å². The number of hydrogen-bond donors (Lipinski definition) is 1. The van der Waals surface area contributed by atoms with Gasteiger partial charge < -0.3 is 15.0 Å². The lowest BCUT2D eigenvalue weighted by molar-refractivity contribution is 0.146. The zero-order valence-corrected chi connectivity index (χ0v) is 12.2. The summed E-state index contributed by atoms with van der Waals surface area (Å²) in [5, 5.41) is 11.4. The first-order valence-corrected chi connectivity index (χ1v) is 7.12. The number of anilines is 1. The Morgan fingerprint density at radius 1 is 1.50 bits per heavy atom. The van der Waals surface area contributed by atoms with Gasteiger partial charge in [-0.25, -0.2) is 13.6 Å². The second kappa shape index (κ2) is 7.07. The van der Waals surface area contributed by atoms with Crippen molar-refractivity contribution in [1.82, 2.24) is 5.32 Å². The van der Waals surface area contributed by atoms with E-state index in [1.807, 2.05) is 0 Å². The maximum absolute atomic E-state index is 14.0. The molecule has 0 aromatic heterocycles. The number of halogens is 2. The zero-order chi connectivity index (χ0) is 16.1. The van der Waals surface area contributed by atoms with Crippen LogP contribution in [-0.4, -0.2) is 31.8 Å². The summed E-state index contributed by atoms with van der Waals surface area (Å²) < 4.78 is 32.9. The molecule has 1 N–H and O–H groups in total. The first-order chi connectivity index (χ1) is 10.5. The van der Waals surface area contributed by atoms with E-state index in [0.717, 1.165) is 18.6 Å². The molecule has 0 aliphatic carbocycles. The second-order valence-electron chi connectivity index (χ2n) is 5.05. The van der Waals surface area contributed by atoms with Crippen LogP contribution in [-0.2, 0) is 4.74 Å². The molecule has 22 heavy (non-hydrogen) atoms. The average Bonchev–Trinajstić information content (AvgIpc) is 2.47. The molecule has 1 heterocycles. The summed E-state index contributed by atoms with van der Waals surface area (Å²) >= 11 is 0. The van der Waals surface area contributed by atoms with Crippen molar-refractivity contribution in [2.75, 3.05) is 24.6 Å². The minimum Gasteiger partial charge on any atom is -0.450 e. The monoisotopic (exact) mass is 309 g/mol. The van der Waals surface area contributed by atoms with Crippen molar-refractivity contribution in [2.24, 2.45) is 0 Å². The number of amides is 1. The standard InChI is InChI=1S/C15H17F2N3O2/c1-2-22-15(21)19-11-4-3-5-20(9-11)14-12(16)6-10(8-18)7-13(14)17/h6-7,11H,2-5,9H2,1H3,(H,19,21). The highest BCUT2D eigenvalue weighted by molar-refractivity contribution is 5.67. The number of carbonyl (C=O) groups is 1. The Morgan fingerprint density at radius 3 is 2.77 bits per heavy atom. The number of hydrogen-bond acceptors (Lipinski definition) is 4. The van der Waals surface area contributed by atoms with Gasteiger partial charge in [0.1, 0.15) is 5.69 Å². The summed E-state index contributed by atoms with van der Waals surface area (Å²) in [6, 6.07) is 3.51. The van der Waals surface area contributed by atoms with Crippen molar-refractivity contribution in [1.29, 1.82) is 5.26 Å². The third kappa shape index (κ3) is 3.64. The topological polar surface area (TPSA) is 65.4 Å². The lowest BCUT2D eigenvalue weighted by Gasteiger charge is -2.34. The molecule has 1 fully saturated rings. The molecule has 1 unspecified atom stereocenters. The molecule has 1 atom stereocenters. The summed E-state index contributed by atoms with van der Waals surface area (Å²) in [6.45, 7) is 2.74. The molecular weight excluding hydrogens is 292 g/mol. The van der Waals surface area contributed by atoms with Crippen LogP contribution in [0.1, 0.15) is 25.3 Å². The van der Waals surface area contributed by atoms with E-state index < -0.39 is 17.7 Å². The highest BCUT2D eigenvalue weighted by atomic mass is 19.1. The minimum atomic E-state index is -0.770. The van der Waals surface area contributed by atoms with E-state index in [2.05, 4.69) is 5.32 Å². The molecule has 1 amide bonds. The van der Waals surface area contributed by atoms with Gasteiger partial charge in [0.2, 0.25) is 0 Å². The van der Waals surface area contributed by atoms with Crippen molar-refractivity contribution in [3.05, 3.63) is 29.3 Å². The maximum Gasteiger partial charge on any atom is 0.407 e. The molecule has 1 aromatic rings. The Balaban J connectivity index is 2.13. The molecule has 118 valence electrons. The van der Waals surface area contributed by atoms with Crippen LogP contribution in [0, 0.1) is 23.0 Å². The van der Waals surface area contributed by atoms with E-state index in [4.69, 9.17) is 10.00 Å². The molecule has 1 aromatic carbocycles. The fourth-order valence-corrected chi connectivity index (χ4v) is 2.57. The number of alkyl carbamates (subject to hydrolysis) is 1. The molecule has 1 aliphatic rings. The van der Waals surface area contributed by atoms with Crippen LogP contribution in [0.25, 0.3) is 0 Å². The third-order valence-corrected chi connectivity index (χ3v) is 3.48. The molecule has 0 radical (unpaired) electrons. The Kier molecular flexibility index (Phi) is 5.15. The number of nitrogens with zero attached hydrogens (tertiary/aromatic N) is 2. The van der Waals surface area contributed by atoms with E-state index in [1.165, 1.54) is 0 Å². The predicted octanol–water partition coefficient (Wildman–Crippen LogP) is 2.55. The predicted molar refractivity (Wildman–Crippen MR) is 76.5 cm³/mol. The maximum atomic E-state index is 14.0. The van der Waals surface area contributed by atoms with E-state index in [9.17, 15) is 13.6 Å². The molecule has 0 saturated carbocycles. The van der Waals surface area contributed by atoms with Gasteiger partial charge in [-0.3, -0.25) is 0 Å². The van der Waals surface area contributed by atoms with Crippen molar-refractivity contribution in [2.45, 2.75) is 25.8 Å². The Labute approximate surface area is 127 Å². The van der Waals surface area contributed by atoms with Crippen LogP contribution in [0.15, 0.2) is 12.1 Å². The van der Waals surface area contributed by atoms with Gasteiger partial charge >= 0.3 is 6.09 Å². The number of nitrogens with one attached hydrogen (secondary N) is 1. The van der Waals surface area contributed by atoms with Crippen LogP contribution >= 0.6 is 0 Å². The molecule has 7 heteroatoms. The lowest BCUT2D eigenvalue weighted by Crippen LogP contribution is -2.48. The summed E-state index contributed by atoms with van der Waals surface area (Å²) in [5.74, 6) is -1.54. The summed E-state index contributed by atoms with van der Waals surface area (Å²) in [5.41, 5.74) is -0.216. The van der Waals surface area contributed by atoms with E-state index in [1.54, 1.807) is 17.9 Å². The van der Waals surface area contributed by atoms with Gasteiger partial charge in [-0.15, -0.1) is 0 Å². The average molecular weight is 309 g/mol. The highest BCUT2D eigenvalue weighted by Gasteiger charge is 2.26. The number of carbonyl (C=O) groups excluding carboxylic acids is 1. The third-order valence-electron chi connectivity index (χ3n) is 3.48. The van der Waals surface area contributed by atoms with E-state index >= 15 is 0 Å². The van der Waals surface area contributed by atoms with Gasteiger partial charge in [0, 0.05) is 19.1 Å². The van der Waals surface area contributed by atoms with Gasteiger partial charge in [0.15, 0.2) is 11.6 Å². The first-order valence-electron chi connectivity index (χ1n) is 7.12. The number of benzene rings is 1. The lowest BCUT2D eigenvalue weighted by atomic mass is 10.0. The first kappa shape index (κ1) is 16.0. The fraction of sp³-hybridized carbons (Fsp3) is 0.467. The molecule has 0 spiro atoms. The Bertz CT molecular complexity index is 578. The van der Waals surface area contributed by atoms with Gasteiger partial charge in [-0.05, 0) is 31.9 Å². The zero-order valence-electron chi connectivity index (χ0n) is 12.2. The minimum absolute atomic E-state index is 0.0584. The van der Waals surface area contributed by atoms with Crippen LogP contribution < -0.4 is 10.2 Å². The van der Waals surface area contributed by atoms with Crippen molar-refractivity contribution in [3.63, 3.8) is 0 Å². The second-order valence-corrected chi connectivity index (χ2v) is 5.05. The Hall–Kier alpha value is -2.36. The smallest absolute Gasteiger partial charge is 0.407 e. The van der Waals surface area contributed by atoms with Gasteiger partial charge in [0.05, 0.1) is 18.2 Å². The van der Waals surface area contributed by atoms with Crippen molar-refractivity contribution >= 4 is 11.8 Å². The fourth-order valence-electron chi connectivity index (χ4n) is 2.57. The van der Waals surface area contributed by atoms with Gasteiger partial charge in [-0.2, -0.15) is 5.26 Å². The number of piperidine rings is 1. The van der Waals surface area contributed by atoms with E-state index in [-0.39, 0.29) is 23.9 Å². The van der Waals surface area contributed by atoms with Crippen LogP contribution in [0.2, 0.25) is 0 Å². The number of ether oxygens (including phenoxy) is 1. The normalized spacial score (nSPS) is 17.7. The highest BCUT2D eigenvalue weighted by Crippen LogP contribution is 2.27. The molecule has 0 bridgehead atoms. The molecule has 5 nitrogen and oxygen atoms in total. The van der Waals surface area contributed by atoms with Crippen molar-refractivity contribution < 1.29 is 18.3 Å². The van der Waals surface area contributed by atoms with Gasteiger partial charge in [0.25, 0.3) is 0 Å². The summed E-state index contributed by atoms with van der Waals surface area (Å²) in [4.78, 5) is 13.0. The van der Waals surface area contributed by atoms with Crippen LogP contribution in [0.3, 0.4) is 0 Å². The van der Waals surface area contributed by atoms with Crippen LogP contribution in [0.4, 0.5) is 19.3 Å². The summed E-state index contributed by atoms with van der Waals surface area (Å²) in [6.07, 6.45) is 0.875. The molecule has 2 rings (SSSR count). The quantitative estimate of drug-likeness (QED) is 0.932. The number of nitriles is 1. The Morgan fingerprint density at radius 2 is 2.18 bits per heavy atom. The van der Waals surface area contributed by atoms with Crippen molar-refractivity contribution in [3.8, 4) is 6.07 Å². The molecule has 1 saturated heterocycles.